The molecular weight excluding hydrogens is 264 g/mol. The van der Waals surface area contributed by atoms with Crippen molar-refractivity contribution in [1.29, 1.82) is 0 Å². The van der Waals surface area contributed by atoms with Crippen molar-refractivity contribution in [2.24, 2.45) is 0 Å². The predicted molar refractivity (Wildman–Crippen MR) is 87.2 cm³/mol. The van der Waals surface area contributed by atoms with Crippen molar-refractivity contribution >= 4 is 12.3 Å². The van der Waals surface area contributed by atoms with Crippen LogP contribution in [0.15, 0.2) is 0 Å². The van der Waals surface area contributed by atoms with Gasteiger partial charge in [-0.1, -0.05) is 77.0 Å². The van der Waals surface area contributed by atoms with Crippen molar-refractivity contribution in [3.05, 3.63) is 0 Å². The number of unbranched alkanes of at least 4 members (excludes halogenated alkanes) is 14. The van der Waals surface area contributed by atoms with Crippen LogP contribution in [0.25, 0.3) is 0 Å². The van der Waals surface area contributed by atoms with E-state index in [9.17, 15) is 9.59 Å². The summed E-state index contributed by atoms with van der Waals surface area (Å²) in [4.78, 5) is 20.3. The Kier molecular flexibility index (Phi) is 16.5. The van der Waals surface area contributed by atoms with E-state index in [1.54, 1.807) is 0 Å². The van der Waals surface area contributed by atoms with E-state index in [2.05, 4.69) is 0 Å². The Morgan fingerprint density at radius 1 is 0.619 bits per heavy atom. The molecule has 0 aliphatic carbocycles. The molecule has 0 spiro atoms. The lowest BCUT2D eigenvalue weighted by Crippen LogP contribution is -1.93. The van der Waals surface area contributed by atoms with Crippen LogP contribution in [-0.4, -0.2) is 17.4 Å². The molecule has 1 radical (unpaired) electrons. The minimum absolute atomic E-state index is 0.327. The lowest BCUT2D eigenvalue weighted by atomic mass is 10.0. The van der Waals surface area contributed by atoms with Crippen LogP contribution >= 0.6 is 0 Å². The first-order chi connectivity index (χ1) is 10.3. The van der Waals surface area contributed by atoms with E-state index in [-0.39, 0.29) is 0 Å². The van der Waals surface area contributed by atoms with Crippen LogP contribution in [0.5, 0.6) is 0 Å². The van der Waals surface area contributed by atoms with Crippen molar-refractivity contribution in [3.8, 4) is 0 Å². The van der Waals surface area contributed by atoms with E-state index < -0.39 is 5.97 Å². The third-order valence-electron chi connectivity index (χ3n) is 3.92. The van der Waals surface area contributed by atoms with E-state index >= 15 is 0 Å². The van der Waals surface area contributed by atoms with Crippen LogP contribution in [0.3, 0.4) is 0 Å². The number of aliphatic carboxylic acids is 1. The standard InChI is InChI=1S/C18H33O3/c19-17-15-13-11-9-7-5-3-1-2-4-6-8-10-12-14-16-18(20)21/h1-16H2,(H,20,21). The zero-order chi connectivity index (χ0) is 15.6. The molecule has 0 aromatic rings. The number of hydrogen-bond acceptors (Lipinski definition) is 2. The average Bonchev–Trinajstić information content (AvgIpc) is 2.46. The number of carbonyl (C=O) groups is 1. The van der Waals surface area contributed by atoms with Gasteiger partial charge in [0.05, 0.1) is 0 Å². The molecule has 3 heteroatoms. The molecule has 0 fully saturated rings. The second-order valence-corrected chi connectivity index (χ2v) is 5.99. The Morgan fingerprint density at radius 2 is 0.952 bits per heavy atom. The lowest BCUT2D eigenvalue weighted by molar-refractivity contribution is -0.137. The van der Waals surface area contributed by atoms with Gasteiger partial charge in [0.1, 0.15) is 0 Å². The molecule has 0 heterocycles. The van der Waals surface area contributed by atoms with Gasteiger partial charge in [0.2, 0.25) is 0 Å². The van der Waals surface area contributed by atoms with E-state index in [0.717, 1.165) is 19.3 Å². The summed E-state index contributed by atoms with van der Waals surface area (Å²) in [6, 6.07) is 0. The molecule has 0 aromatic carbocycles. The molecule has 3 nitrogen and oxygen atoms in total. The first kappa shape index (κ1) is 20.1. The van der Waals surface area contributed by atoms with Crippen molar-refractivity contribution < 1.29 is 14.7 Å². The predicted octanol–water partition coefficient (Wildman–Crippen LogP) is 5.42. The maximum absolute atomic E-state index is 10.3. The smallest absolute Gasteiger partial charge is 0.303 e. The van der Waals surface area contributed by atoms with E-state index in [4.69, 9.17) is 5.11 Å². The minimum Gasteiger partial charge on any atom is -0.481 e. The Bertz CT molecular complexity index is 239. The summed E-state index contributed by atoms with van der Waals surface area (Å²) >= 11 is 0. The molecule has 1 N–H and O–H groups in total. The zero-order valence-corrected chi connectivity index (χ0v) is 13.6. The molecule has 0 unspecified atom stereocenters. The topological polar surface area (TPSA) is 54.4 Å². The van der Waals surface area contributed by atoms with Crippen LogP contribution in [0.2, 0.25) is 0 Å². The highest BCUT2D eigenvalue weighted by molar-refractivity contribution is 5.66. The van der Waals surface area contributed by atoms with Crippen LogP contribution in [0, 0.1) is 0 Å². The van der Waals surface area contributed by atoms with Gasteiger partial charge in [-0.25, -0.2) is 0 Å². The van der Waals surface area contributed by atoms with Gasteiger partial charge in [-0.2, -0.15) is 0 Å². The first-order valence-electron chi connectivity index (χ1n) is 8.84. The SMILES string of the molecule is O=[C]CCCCCCCCCCCCCCCCC(=O)O. The van der Waals surface area contributed by atoms with Gasteiger partial charge in [-0.15, -0.1) is 0 Å². The fourth-order valence-electron chi connectivity index (χ4n) is 2.59. The summed E-state index contributed by atoms with van der Waals surface area (Å²) in [6.45, 7) is 0. The fourth-order valence-corrected chi connectivity index (χ4v) is 2.59. The Hall–Kier alpha value is -0.860. The number of carboxylic acids is 1. The molecule has 21 heavy (non-hydrogen) atoms. The van der Waals surface area contributed by atoms with Crippen LogP contribution < -0.4 is 0 Å². The molecule has 0 atom stereocenters. The third kappa shape index (κ3) is 19.1. The number of rotatable bonds is 17. The molecule has 0 saturated heterocycles. The van der Waals surface area contributed by atoms with Crippen LogP contribution in [0.1, 0.15) is 103 Å². The fraction of sp³-hybridized carbons (Fsp3) is 0.889. The zero-order valence-electron chi connectivity index (χ0n) is 13.6. The Labute approximate surface area is 130 Å². The van der Waals surface area contributed by atoms with Crippen molar-refractivity contribution in [2.75, 3.05) is 0 Å². The molecular formula is C18H33O3. The van der Waals surface area contributed by atoms with Gasteiger partial charge >= 0.3 is 5.97 Å². The van der Waals surface area contributed by atoms with E-state index in [1.165, 1.54) is 70.6 Å². The number of carboxylic acid groups (broad SMARTS) is 1. The highest BCUT2D eigenvalue weighted by Gasteiger charge is 1.97. The Morgan fingerprint density at radius 3 is 1.29 bits per heavy atom. The number of hydrogen-bond donors (Lipinski definition) is 1. The first-order valence-corrected chi connectivity index (χ1v) is 8.84. The second-order valence-electron chi connectivity index (χ2n) is 5.99. The summed E-state index contributed by atoms with van der Waals surface area (Å²) < 4.78 is 0. The van der Waals surface area contributed by atoms with Crippen LogP contribution in [-0.2, 0) is 9.59 Å². The maximum Gasteiger partial charge on any atom is 0.303 e. The molecule has 123 valence electrons. The second kappa shape index (κ2) is 17.2. The Balaban J connectivity index is 2.96. The molecule has 0 amide bonds. The van der Waals surface area contributed by atoms with Gasteiger partial charge in [-0.3, -0.25) is 9.59 Å². The van der Waals surface area contributed by atoms with Gasteiger partial charge in [0.25, 0.3) is 0 Å². The highest BCUT2D eigenvalue weighted by Crippen LogP contribution is 2.13. The minimum atomic E-state index is -0.669. The molecule has 0 aliphatic rings. The van der Waals surface area contributed by atoms with E-state index in [0.29, 0.717) is 12.8 Å². The highest BCUT2D eigenvalue weighted by atomic mass is 16.4. The quantitative estimate of drug-likeness (QED) is 0.365. The van der Waals surface area contributed by atoms with Crippen LogP contribution in [0.4, 0.5) is 0 Å². The van der Waals surface area contributed by atoms with Gasteiger partial charge in [0.15, 0.2) is 6.29 Å². The molecule has 0 rings (SSSR count). The average molecular weight is 297 g/mol. The third-order valence-corrected chi connectivity index (χ3v) is 3.92. The van der Waals surface area contributed by atoms with Gasteiger partial charge < -0.3 is 5.11 Å². The monoisotopic (exact) mass is 297 g/mol. The van der Waals surface area contributed by atoms with Crippen molar-refractivity contribution in [3.63, 3.8) is 0 Å². The molecule has 0 aromatic heterocycles. The van der Waals surface area contributed by atoms with Crippen molar-refractivity contribution in [2.45, 2.75) is 103 Å². The lowest BCUT2D eigenvalue weighted by Gasteiger charge is -2.03. The normalized spacial score (nSPS) is 10.7. The largest absolute Gasteiger partial charge is 0.481 e. The summed E-state index contributed by atoms with van der Waals surface area (Å²) in [5.74, 6) is -0.669. The van der Waals surface area contributed by atoms with Crippen molar-refractivity contribution in [1.82, 2.24) is 0 Å². The van der Waals surface area contributed by atoms with E-state index in [1.807, 2.05) is 6.29 Å². The summed E-state index contributed by atoms with van der Waals surface area (Å²) in [7, 11) is 0. The van der Waals surface area contributed by atoms with Gasteiger partial charge in [-0.05, 0) is 12.8 Å². The molecule has 0 aliphatic heterocycles. The summed E-state index contributed by atoms with van der Waals surface area (Å²) in [5.41, 5.74) is 0. The molecule has 0 saturated carbocycles. The molecule has 0 bridgehead atoms. The number of carbonyl (C=O) groups excluding carboxylic acids is 1. The summed E-state index contributed by atoms with van der Waals surface area (Å²) in [5, 5.41) is 8.51. The van der Waals surface area contributed by atoms with Gasteiger partial charge in [0, 0.05) is 12.8 Å². The maximum atomic E-state index is 10.3. The summed E-state index contributed by atoms with van der Waals surface area (Å²) in [6.07, 6.45) is 20.0.